The molecule has 1 N–H and O–H groups in total. The molecule has 0 aliphatic carbocycles. The minimum absolute atomic E-state index is 0.143. The molecule has 1 unspecified atom stereocenters. The number of carbonyl (C=O) groups excluding carboxylic acids is 1. The average Bonchev–Trinajstić information content (AvgIpc) is 3.40. The van der Waals surface area contributed by atoms with E-state index in [1.807, 2.05) is 12.1 Å². The molecule has 0 bridgehead atoms. The number of hydrogen-bond donors (Lipinski definition) is 1. The summed E-state index contributed by atoms with van der Waals surface area (Å²) in [6.45, 7) is 1.88. The van der Waals surface area contributed by atoms with Crippen molar-refractivity contribution in [1.29, 1.82) is 0 Å². The summed E-state index contributed by atoms with van der Waals surface area (Å²) in [4.78, 5) is 37.2. The fraction of sp³-hybridized carbons (Fsp3) is 0.208. The van der Waals surface area contributed by atoms with Crippen LogP contribution in [-0.4, -0.2) is 39.1 Å². The van der Waals surface area contributed by atoms with Crippen molar-refractivity contribution in [2.75, 3.05) is 13.7 Å². The highest BCUT2D eigenvalue weighted by atomic mass is 16.5. The molecule has 0 saturated heterocycles. The van der Waals surface area contributed by atoms with Gasteiger partial charge in [-0.05, 0) is 55.5 Å². The number of nitrogens with one attached hydrogen (secondary N) is 1. The zero-order valence-electron chi connectivity index (χ0n) is 18.7. The van der Waals surface area contributed by atoms with Crippen LogP contribution in [0.4, 0.5) is 0 Å². The lowest BCUT2D eigenvalue weighted by molar-refractivity contribution is -0.124. The summed E-state index contributed by atoms with van der Waals surface area (Å²) in [6, 6.07) is 15.8. The van der Waals surface area contributed by atoms with Gasteiger partial charge in [-0.15, -0.1) is 0 Å². The third-order valence-corrected chi connectivity index (χ3v) is 5.22. The molecular formula is C24H23N5O5. The number of furan rings is 1. The summed E-state index contributed by atoms with van der Waals surface area (Å²) in [6.07, 6.45) is 1.52. The molecular weight excluding hydrogens is 438 g/mol. The Kier molecular flexibility index (Phi) is 6.67. The normalized spacial score (nSPS) is 11.7. The number of methoxy groups -OCH3 is 1. The molecule has 1 amide bonds. The van der Waals surface area contributed by atoms with Crippen molar-refractivity contribution in [3.63, 3.8) is 0 Å². The van der Waals surface area contributed by atoms with Gasteiger partial charge in [-0.3, -0.25) is 14.4 Å². The number of rotatable bonds is 8. The van der Waals surface area contributed by atoms with Gasteiger partial charge in [0, 0.05) is 24.2 Å². The molecule has 1 atom stereocenters. The number of ether oxygens (including phenoxy) is 1. The molecule has 10 heteroatoms. The summed E-state index contributed by atoms with van der Waals surface area (Å²) < 4.78 is 12.9. The molecule has 10 nitrogen and oxygen atoms in total. The maximum Gasteiger partial charge on any atom is 0.267 e. The van der Waals surface area contributed by atoms with E-state index in [-0.39, 0.29) is 18.6 Å². The van der Waals surface area contributed by atoms with Crippen LogP contribution in [0.1, 0.15) is 13.0 Å². The van der Waals surface area contributed by atoms with Crippen molar-refractivity contribution >= 4 is 5.91 Å². The molecule has 4 rings (SSSR count). The van der Waals surface area contributed by atoms with Crippen molar-refractivity contribution in [2.45, 2.75) is 19.5 Å². The Morgan fingerprint density at radius 2 is 1.74 bits per heavy atom. The second-order valence-corrected chi connectivity index (χ2v) is 7.45. The van der Waals surface area contributed by atoms with Crippen LogP contribution in [0, 0.1) is 0 Å². The highest BCUT2D eigenvalue weighted by molar-refractivity contribution is 5.79. The fourth-order valence-corrected chi connectivity index (χ4v) is 3.33. The predicted molar refractivity (Wildman–Crippen MR) is 124 cm³/mol. The van der Waals surface area contributed by atoms with E-state index in [2.05, 4.69) is 15.5 Å². The van der Waals surface area contributed by atoms with Gasteiger partial charge in [-0.25, -0.2) is 9.36 Å². The summed E-state index contributed by atoms with van der Waals surface area (Å²) in [7, 11) is 1.58. The molecule has 0 aliphatic heterocycles. The second-order valence-electron chi connectivity index (χ2n) is 7.45. The lowest BCUT2D eigenvalue weighted by atomic mass is 10.1. The first kappa shape index (κ1) is 22.7. The van der Waals surface area contributed by atoms with E-state index in [0.717, 1.165) is 10.2 Å². The summed E-state index contributed by atoms with van der Waals surface area (Å²) in [5.41, 5.74) is 1.14. The second kappa shape index (κ2) is 9.99. The summed E-state index contributed by atoms with van der Waals surface area (Å²) in [5.74, 6) is 0.832. The molecule has 3 aromatic heterocycles. The standard InChI is InChI=1S/C24H23N5O5/c1-16(29-23(31)12-9-19(27-29)17-5-7-18(33-2)8-6-17)24(32)25-13-14-28-22(30)11-10-20(26-28)21-4-3-15-34-21/h3-12,15-16H,13-14H2,1-2H3,(H,25,32). The van der Waals surface area contributed by atoms with Crippen LogP contribution < -0.4 is 21.2 Å². The third-order valence-electron chi connectivity index (χ3n) is 5.22. The SMILES string of the molecule is COc1ccc(-c2ccc(=O)n(C(C)C(=O)NCCn3nc(-c4ccco4)ccc3=O)n2)cc1. The zero-order chi connectivity index (χ0) is 24.1. The van der Waals surface area contributed by atoms with Gasteiger partial charge in [0.25, 0.3) is 11.1 Å². The van der Waals surface area contributed by atoms with Gasteiger partial charge in [0.15, 0.2) is 5.76 Å². The lowest BCUT2D eigenvalue weighted by Crippen LogP contribution is -2.39. The number of nitrogens with zero attached hydrogens (tertiary/aromatic N) is 4. The zero-order valence-corrected chi connectivity index (χ0v) is 18.7. The quantitative estimate of drug-likeness (QED) is 0.427. The van der Waals surface area contributed by atoms with Crippen LogP contribution in [0.15, 0.2) is 80.9 Å². The van der Waals surface area contributed by atoms with Gasteiger partial charge in [0.05, 0.1) is 25.6 Å². The predicted octanol–water partition coefficient (Wildman–Crippen LogP) is 2.11. The Morgan fingerprint density at radius 1 is 1.00 bits per heavy atom. The number of hydrogen-bond acceptors (Lipinski definition) is 7. The van der Waals surface area contributed by atoms with E-state index in [1.54, 1.807) is 50.4 Å². The smallest absolute Gasteiger partial charge is 0.267 e. The van der Waals surface area contributed by atoms with Gasteiger partial charge in [-0.2, -0.15) is 10.2 Å². The first-order chi connectivity index (χ1) is 16.5. The largest absolute Gasteiger partial charge is 0.497 e. The van der Waals surface area contributed by atoms with Crippen LogP contribution in [0.2, 0.25) is 0 Å². The Bertz CT molecular complexity index is 1390. The number of carbonyl (C=O) groups is 1. The first-order valence-electron chi connectivity index (χ1n) is 10.6. The van der Waals surface area contributed by atoms with E-state index in [9.17, 15) is 14.4 Å². The minimum Gasteiger partial charge on any atom is -0.497 e. The van der Waals surface area contributed by atoms with Crippen LogP contribution in [0.3, 0.4) is 0 Å². The molecule has 4 aromatic rings. The van der Waals surface area contributed by atoms with Crippen LogP contribution in [0.25, 0.3) is 22.7 Å². The molecule has 0 spiro atoms. The van der Waals surface area contributed by atoms with E-state index in [4.69, 9.17) is 9.15 Å². The Labute approximate surface area is 194 Å². The molecule has 34 heavy (non-hydrogen) atoms. The molecule has 1 aromatic carbocycles. The van der Waals surface area contributed by atoms with Crippen molar-refractivity contribution in [1.82, 2.24) is 24.9 Å². The van der Waals surface area contributed by atoms with E-state index >= 15 is 0 Å². The number of aromatic nitrogens is 4. The molecule has 0 saturated carbocycles. The van der Waals surface area contributed by atoms with Gasteiger partial charge >= 0.3 is 0 Å². The van der Waals surface area contributed by atoms with Crippen molar-refractivity contribution in [3.05, 3.63) is 87.6 Å². The van der Waals surface area contributed by atoms with Gasteiger partial charge in [0.2, 0.25) is 5.91 Å². The molecule has 0 radical (unpaired) electrons. The first-order valence-corrected chi connectivity index (χ1v) is 10.6. The highest BCUT2D eigenvalue weighted by Gasteiger charge is 2.18. The van der Waals surface area contributed by atoms with Gasteiger partial charge in [0.1, 0.15) is 17.5 Å². The Morgan fingerprint density at radius 3 is 2.44 bits per heavy atom. The van der Waals surface area contributed by atoms with E-state index in [1.165, 1.54) is 23.1 Å². The number of amides is 1. The number of benzene rings is 1. The van der Waals surface area contributed by atoms with E-state index in [0.29, 0.717) is 22.9 Å². The third kappa shape index (κ3) is 4.96. The molecule has 0 fully saturated rings. The van der Waals surface area contributed by atoms with Crippen molar-refractivity contribution < 1.29 is 13.9 Å². The molecule has 0 aliphatic rings. The van der Waals surface area contributed by atoms with Crippen molar-refractivity contribution in [2.24, 2.45) is 0 Å². The van der Waals surface area contributed by atoms with Gasteiger partial charge in [-0.1, -0.05) is 0 Å². The topological polar surface area (TPSA) is 121 Å². The van der Waals surface area contributed by atoms with E-state index < -0.39 is 17.5 Å². The van der Waals surface area contributed by atoms with Gasteiger partial charge < -0.3 is 14.5 Å². The summed E-state index contributed by atoms with van der Waals surface area (Å²) in [5, 5.41) is 11.4. The summed E-state index contributed by atoms with van der Waals surface area (Å²) >= 11 is 0. The van der Waals surface area contributed by atoms with Crippen LogP contribution >= 0.6 is 0 Å². The molecule has 3 heterocycles. The Hall–Kier alpha value is -4.47. The fourth-order valence-electron chi connectivity index (χ4n) is 3.33. The highest BCUT2D eigenvalue weighted by Crippen LogP contribution is 2.20. The van der Waals surface area contributed by atoms with Crippen LogP contribution in [-0.2, 0) is 11.3 Å². The lowest BCUT2D eigenvalue weighted by Gasteiger charge is -2.15. The van der Waals surface area contributed by atoms with Crippen molar-refractivity contribution in [3.8, 4) is 28.5 Å². The Balaban J connectivity index is 1.43. The monoisotopic (exact) mass is 461 g/mol. The maximum absolute atomic E-state index is 12.7. The molecule has 174 valence electrons. The maximum atomic E-state index is 12.7. The minimum atomic E-state index is -0.857. The average molecular weight is 461 g/mol. The van der Waals surface area contributed by atoms with Crippen LogP contribution in [0.5, 0.6) is 5.75 Å².